The van der Waals surface area contributed by atoms with E-state index in [4.69, 9.17) is 0 Å². The molecule has 0 N–H and O–H groups in total. The predicted octanol–water partition coefficient (Wildman–Crippen LogP) is 2.85. The zero-order chi connectivity index (χ0) is 9.68. The summed E-state index contributed by atoms with van der Waals surface area (Å²) in [7, 11) is 0. The van der Waals surface area contributed by atoms with Crippen LogP contribution in [0.3, 0.4) is 0 Å². The molecule has 0 fully saturated rings. The highest BCUT2D eigenvalue weighted by atomic mass is 16.1. The Hall–Kier alpha value is -1.37. The second kappa shape index (κ2) is 4.61. The quantitative estimate of drug-likeness (QED) is 0.686. The van der Waals surface area contributed by atoms with Crippen LogP contribution in [-0.2, 0) is 11.2 Å². The number of benzene rings is 1. The smallest absolute Gasteiger partial charge is 0.136 e. The van der Waals surface area contributed by atoms with Crippen molar-refractivity contribution in [3.8, 4) is 0 Å². The Labute approximate surface area is 79.1 Å². The molecule has 0 aliphatic rings. The van der Waals surface area contributed by atoms with Crippen LogP contribution in [0.1, 0.15) is 24.5 Å². The minimum atomic E-state index is 0.284. The molecule has 0 spiro atoms. The molecule has 13 heavy (non-hydrogen) atoms. The molecule has 0 aromatic heterocycles. The second-order valence-corrected chi connectivity index (χ2v) is 3.01. The zero-order valence-electron chi connectivity index (χ0n) is 7.92. The fourth-order valence-corrected chi connectivity index (χ4v) is 1.12. The van der Waals surface area contributed by atoms with Crippen molar-refractivity contribution in [1.82, 2.24) is 0 Å². The van der Waals surface area contributed by atoms with Crippen LogP contribution in [0, 0.1) is 0 Å². The van der Waals surface area contributed by atoms with E-state index in [1.807, 2.05) is 31.2 Å². The van der Waals surface area contributed by atoms with E-state index in [9.17, 15) is 4.79 Å². The lowest BCUT2D eigenvalue weighted by atomic mass is 10.1. The first-order valence-electron chi connectivity index (χ1n) is 4.49. The first-order chi connectivity index (χ1) is 6.26. The highest BCUT2D eigenvalue weighted by Crippen LogP contribution is 2.06. The third kappa shape index (κ3) is 2.86. The van der Waals surface area contributed by atoms with E-state index in [0.717, 1.165) is 11.1 Å². The van der Waals surface area contributed by atoms with Gasteiger partial charge in [0.2, 0.25) is 0 Å². The summed E-state index contributed by atoms with van der Waals surface area (Å²) in [6.07, 6.45) is 2.96. The van der Waals surface area contributed by atoms with Crippen molar-refractivity contribution in [1.29, 1.82) is 0 Å². The SMILES string of the molecule is C=Cc1ccc(CC(=O)CC)cc1. The molecule has 0 radical (unpaired) electrons. The highest BCUT2D eigenvalue weighted by molar-refractivity contribution is 5.80. The maximum Gasteiger partial charge on any atom is 0.136 e. The van der Waals surface area contributed by atoms with Crippen molar-refractivity contribution in [2.75, 3.05) is 0 Å². The molecule has 1 nitrogen and oxygen atoms in total. The van der Waals surface area contributed by atoms with Gasteiger partial charge in [-0.1, -0.05) is 43.8 Å². The summed E-state index contributed by atoms with van der Waals surface area (Å²) in [5.74, 6) is 0.284. The van der Waals surface area contributed by atoms with Crippen molar-refractivity contribution in [3.05, 3.63) is 42.0 Å². The molecule has 68 valence electrons. The summed E-state index contributed by atoms with van der Waals surface area (Å²) in [5, 5.41) is 0. The zero-order valence-corrected chi connectivity index (χ0v) is 7.92. The third-order valence-corrected chi connectivity index (χ3v) is 2.01. The number of hydrogen-bond acceptors (Lipinski definition) is 1. The number of Topliss-reactive ketones (excluding diaryl/α,β-unsaturated/α-hetero) is 1. The number of rotatable bonds is 4. The summed E-state index contributed by atoms with van der Waals surface area (Å²) in [6.45, 7) is 5.56. The minimum Gasteiger partial charge on any atom is -0.299 e. The van der Waals surface area contributed by atoms with Crippen molar-refractivity contribution < 1.29 is 4.79 Å². The van der Waals surface area contributed by atoms with Crippen molar-refractivity contribution >= 4 is 11.9 Å². The van der Waals surface area contributed by atoms with Gasteiger partial charge in [-0.25, -0.2) is 0 Å². The first-order valence-corrected chi connectivity index (χ1v) is 4.49. The number of carbonyl (C=O) groups is 1. The molecule has 0 aliphatic carbocycles. The van der Waals surface area contributed by atoms with Crippen molar-refractivity contribution in [2.45, 2.75) is 19.8 Å². The largest absolute Gasteiger partial charge is 0.299 e. The van der Waals surface area contributed by atoms with E-state index in [2.05, 4.69) is 6.58 Å². The Bertz CT molecular complexity index is 295. The Morgan fingerprint density at radius 1 is 1.38 bits per heavy atom. The second-order valence-electron chi connectivity index (χ2n) is 3.01. The van der Waals surface area contributed by atoms with Gasteiger partial charge in [-0.2, -0.15) is 0 Å². The lowest BCUT2D eigenvalue weighted by Gasteiger charge is -1.99. The van der Waals surface area contributed by atoms with Crippen LogP contribution in [0.2, 0.25) is 0 Å². The Balaban J connectivity index is 2.69. The van der Waals surface area contributed by atoms with Gasteiger partial charge in [0.05, 0.1) is 0 Å². The highest BCUT2D eigenvalue weighted by Gasteiger charge is 1.99. The summed E-state index contributed by atoms with van der Waals surface area (Å²) in [5.41, 5.74) is 2.17. The van der Waals surface area contributed by atoms with Gasteiger partial charge >= 0.3 is 0 Å². The topological polar surface area (TPSA) is 17.1 Å². The van der Waals surface area contributed by atoms with Gasteiger partial charge < -0.3 is 0 Å². The molecular weight excluding hydrogens is 160 g/mol. The fraction of sp³-hybridized carbons (Fsp3) is 0.250. The number of carbonyl (C=O) groups excluding carboxylic acids is 1. The van der Waals surface area contributed by atoms with E-state index in [1.165, 1.54) is 0 Å². The minimum absolute atomic E-state index is 0.284. The molecule has 0 bridgehead atoms. The average molecular weight is 174 g/mol. The van der Waals surface area contributed by atoms with Gasteiger partial charge in [0.1, 0.15) is 5.78 Å². The number of hydrogen-bond donors (Lipinski definition) is 0. The third-order valence-electron chi connectivity index (χ3n) is 2.01. The number of ketones is 1. The van der Waals surface area contributed by atoms with E-state index in [1.54, 1.807) is 6.08 Å². The van der Waals surface area contributed by atoms with Crippen LogP contribution in [0.25, 0.3) is 6.08 Å². The molecule has 0 saturated carbocycles. The van der Waals surface area contributed by atoms with Crippen molar-refractivity contribution in [2.24, 2.45) is 0 Å². The van der Waals surface area contributed by atoms with Crippen LogP contribution >= 0.6 is 0 Å². The molecule has 1 rings (SSSR count). The van der Waals surface area contributed by atoms with Crippen LogP contribution in [0.4, 0.5) is 0 Å². The molecule has 1 heteroatoms. The lowest BCUT2D eigenvalue weighted by Crippen LogP contribution is -1.99. The molecule has 0 aliphatic heterocycles. The average Bonchev–Trinajstić information content (AvgIpc) is 2.19. The van der Waals surface area contributed by atoms with Gasteiger partial charge in [-0.3, -0.25) is 4.79 Å². The maximum absolute atomic E-state index is 11.1. The molecular formula is C12H14O. The van der Waals surface area contributed by atoms with Crippen LogP contribution in [-0.4, -0.2) is 5.78 Å². The van der Waals surface area contributed by atoms with Crippen LogP contribution < -0.4 is 0 Å². The lowest BCUT2D eigenvalue weighted by molar-refractivity contribution is -0.118. The molecule has 0 heterocycles. The molecule has 1 aromatic rings. The Morgan fingerprint density at radius 3 is 2.46 bits per heavy atom. The van der Waals surface area contributed by atoms with Gasteiger partial charge in [0.25, 0.3) is 0 Å². The monoisotopic (exact) mass is 174 g/mol. The Kier molecular flexibility index (Phi) is 3.44. The maximum atomic E-state index is 11.1. The molecule has 0 amide bonds. The molecule has 0 saturated heterocycles. The van der Waals surface area contributed by atoms with E-state index in [-0.39, 0.29) is 5.78 Å². The summed E-state index contributed by atoms with van der Waals surface area (Å²) >= 11 is 0. The summed E-state index contributed by atoms with van der Waals surface area (Å²) in [6, 6.07) is 7.91. The molecule has 0 unspecified atom stereocenters. The van der Waals surface area contributed by atoms with E-state index >= 15 is 0 Å². The Morgan fingerprint density at radius 2 is 2.00 bits per heavy atom. The van der Waals surface area contributed by atoms with Gasteiger partial charge in [0.15, 0.2) is 0 Å². The molecule has 0 atom stereocenters. The van der Waals surface area contributed by atoms with Gasteiger partial charge in [-0.15, -0.1) is 0 Å². The summed E-state index contributed by atoms with van der Waals surface area (Å²) in [4.78, 5) is 11.1. The van der Waals surface area contributed by atoms with Crippen molar-refractivity contribution in [3.63, 3.8) is 0 Å². The predicted molar refractivity (Wildman–Crippen MR) is 55.5 cm³/mol. The summed E-state index contributed by atoms with van der Waals surface area (Å²) < 4.78 is 0. The fourth-order valence-electron chi connectivity index (χ4n) is 1.12. The van der Waals surface area contributed by atoms with Gasteiger partial charge in [-0.05, 0) is 11.1 Å². The first kappa shape index (κ1) is 9.72. The standard InChI is InChI=1S/C12H14O/c1-3-10-5-7-11(8-6-10)9-12(13)4-2/h3,5-8H,1,4,9H2,2H3. The van der Waals surface area contributed by atoms with Crippen LogP contribution in [0.5, 0.6) is 0 Å². The normalized spacial score (nSPS) is 9.62. The van der Waals surface area contributed by atoms with E-state index < -0.39 is 0 Å². The molecule has 1 aromatic carbocycles. The van der Waals surface area contributed by atoms with Crippen LogP contribution in [0.15, 0.2) is 30.8 Å². The van der Waals surface area contributed by atoms with Gasteiger partial charge in [0, 0.05) is 12.8 Å². The van der Waals surface area contributed by atoms with E-state index in [0.29, 0.717) is 12.8 Å².